The SMILES string of the molecule is CC(=O)N[C@@H](CCc1ccccc1)C(=O)N[C@@H](CC(C)C)C(=O)O. The largest absolute Gasteiger partial charge is 0.480 e. The minimum Gasteiger partial charge on any atom is -0.480 e. The minimum absolute atomic E-state index is 0.134. The molecule has 0 aromatic heterocycles. The lowest BCUT2D eigenvalue weighted by Crippen LogP contribution is -2.51. The lowest BCUT2D eigenvalue weighted by molar-refractivity contribution is -0.142. The zero-order chi connectivity index (χ0) is 18.1. The zero-order valence-corrected chi connectivity index (χ0v) is 14.4. The maximum absolute atomic E-state index is 12.4. The van der Waals surface area contributed by atoms with Gasteiger partial charge in [-0.25, -0.2) is 4.79 Å². The summed E-state index contributed by atoms with van der Waals surface area (Å²) in [6.45, 7) is 5.12. The molecule has 1 aromatic carbocycles. The molecule has 0 fully saturated rings. The van der Waals surface area contributed by atoms with Crippen LogP contribution in [0.25, 0.3) is 0 Å². The molecule has 1 aromatic rings. The molecule has 6 heteroatoms. The van der Waals surface area contributed by atoms with Gasteiger partial charge in [-0.3, -0.25) is 9.59 Å². The monoisotopic (exact) mass is 334 g/mol. The van der Waals surface area contributed by atoms with Gasteiger partial charge in [0.2, 0.25) is 11.8 Å². The van der Waals surface area contributed by atoms with Gasteiger partial charge in [0.1, 0.15) is 12.1 Å². The van der Waals surface area contributed by atoms with E-state index in [1.807, 2.05) is 44.2 Å². The third-order valence-electron chi connectivity index (χ3n) is 3.58. The van der Waals surface area contributed by atoms with Gasteiger partial charge < -0.3 is 15.7 Å². The van der Waals surface area contributed by atoms with Gasteiger partial charge in [-0.15, -0.1) is 0 Å². The summed E-state index contributed by atoms with van der Waals surface area (Å²) in [7, 11) is 0. The highest BCUT2D eigenvalue weighted by molar-refractivity contribution is 5.89. The number of aliphatic carboxylic acids is 1. The van der Waals surface area contributed by atoms with Crippen LogP contribution in [-0.2, 0) is 20.8 Å². The normalized spacial score (nSPS) is 13.2. The van der Waals surface area contributed by atoms with Crippen molar-refractivity contribution in [2.75, 3.05) is 0 Å². The lowest BCUT2D eigenvalue weighted by atomic mass is 10.0. The Morgan fingerprint density at radius 1 is 1.04 bits per heavy atom. The van der Waals surface area contributed by atoms with Crippen molar-refractivity contribution in [3.63, 3.8) is 0 Å². The number of benzene rings is 1. The molecule has 2 atom stereocenters. The number of carboxylic acids is 1. The zero-order valence-electron chi connectivity index (χ0n) is 14.4. The van der Waals surface area contributed by atoms with Crippen LogP contribution in [-0.4, -0.2) is 35.0 Å². The molecular formula is C18H26N2O4. The molecule has 0 saturated heterocycles. The first-order valence-corrected chi connectivity index (χ1v) is 8.13. The van der Waals surface area contributed by atoms with Crippen LogP contribution < -0.4 is 10.6 Å². The summed E-state index contributed by atoms with van der Waals surface area (Å²) in [5, 5.41) is 14.4. The number of hydrogen-bond donors (Lipinski definition) is 3. The molecule has 0 bridgehead atoms. The average molecular weight is 334 g/mol. The number of hydrogen-bond acceptors (Lipinski definition) is 3. The highest BCUT2D eigenvalue weighted by Gasteiger charge is 2.26. The molecule has 24 heavy (non-hydrogen) atoms. The van der Waals surface area contributed by atoms with Gasteiger partial charge in [0.15, 0.2) is 0 Å². The van der Waals surface area contributed by atoms with Gasteiger partial charge in [0.25, 0.3) is 0 Å². The summed E-state index contributed by atoms with van der Waals surface area (Å²) in [6, 6.07) is 7.91. The van der Waals surface area contributed by atoms with Crippen LogP contribution in [0.15, 0.2) is 30.3 Å². The first kappa shape index (κ1) is 19.7. The molecule has 0 aliphatic heterocycles. The molecule has 0 heterocycles. The van der Waals surface area contributed by atoms with E-state index in [-0.39, 0.29) is 11.8 Å². The summed E-state index contributed by atoms with van der Waals surface area (Å²) in [6.07, 6.45) is 1.36. The van der Waals surface area contributed by atoms with Crippen molar-refractivity contribution in [2.45, 2.75) is 52.1 Å². The Hall–Kier alpha value is -2.37. The highest BCUT2D eigenvalue weighted by atomic mass is 16.4. The minimum atomic E-state index is -1.07. The fraction of sp³-hybridized carbons (Fsp3) is 0.500. The van der Waals surface area contributed by atoms with E-state index in [1.54, 1.807) is 0 Å². The van der Waals surface area contributed by atoms with E-state index in [1.165, 1.54) is 6.92 Å². The first-order valence-electron chi connectivity index (χ1n) is 8.13. The smallest absolute Gasteiger partial charge is 0.326 e. The Morgan fingerprint density at radius 2 is 1.67 bits per heavy atom. The van der Waals surface area contributed by atoms with Gasteiger partial charge in [0.05, 0.1) is 0 Å². The van der Waals surface area contributed by atoms with Gasteiger partial charge in [-0.1, -0.05) is 44.2 Å². The van der Waals surface area contributed by atoms with Gasteiger partial charge in [0, 0.05) is 6.92 Å². The Balaban J connectivity index is 2.72. The van der Waals surface area contributed by atoms with E-state index in [0.29, 0.717) is 19.3 Å². The molecule has 0 unspecified atom stereocenters. The highest BCUT2D eigenvalue weighted by Crippen LogP contribution is 2.08. The van der Waals surface area contributed by atoms with E-state index in [0.717, 1.165) is 5.56 Å². The fourth-order valence-electron chi connectivity index (χ4n) is 2.44. The van der Waals surface area contributed by atoms with Crippen LogP contribution in [0.5, 0.6) is 0 Å². The topological polar surface area (TPSA) is 95.5 Å². The van der Waals surface area contributed by atoms with Crippen molar-refractivity contribution in [3.05, 3.63) is 35.9 Å². The maximum Gasteiger partial charge on any atom is 0.326 e. The van der Waals surface area contributed by atoms with E-state index < -0.39 is 24.0 Å². The quantitative estimate of drug-likeness (QED) is 0.641. The Bertz CT molecular complexity index is 557. The molecule has 132 valence electrons. The third kappa shape index (κ3) is 7.26. The maximum atomic E-state index is 12.4. The second kappa shape index (κ2) is 9.70. The van der Waals surface area contributed by atoms with Crippen LogP contribution in [0.3, 0.4) is 0 Å². The van der Waals surface area contributed by atoms with Crippen LogP contribution >= 0.6 is 0 Å². The second-order valence-corrected chi connectivity index (χ2v) is 6.31. The molecule has 0 spiro atoms. The summed E-state index contributed by atoms with van der Waals surface area (Å²) < 4.78 is 0. The molecular weight excluding hydrogens is 308 g/mol. The van der Waals surface area contributed by atoms with Gasteiger partial charge in [-0.2, -0.15) is 0 Å². The van der Waals surface area contributed by atoms with Crippen molar-refractivity contribution < 1.29 is 19.5 Å². The fourth-order valence-corrected chi connectivity index (χ4v) is 2.44. The van der Waals surface area contributed by atoms with Crippen LogP contribution in [0.2, 0.25) is 0 Å². The number of rotatable bonds is 9. The number of amides is 2. The predicted octanol–water partition coefficient (Wildman–Crippen LogP) is 1.74. The van der Waals surface area contributed by atoms with Crippen LogP contribution in [0, 0.1) is 5.92 Å². The van der Waals surface area contributed by atoms with E-state index in [2.05, 4.69) is 10.6 Å². The van der Waals surface area contributed by atoms with E-state index in [9.17, 15) is 19.5 Å². The Morgan fingerprint density at radius 3 is 2.17 bits per heavy atom. The van der Waals surface area contributed by atoms with Crippen molar-refractivity contribution in [2.24, 2.45) is 5.92 Å². The number of aryl methyl sites for hydroxylation is 1. The molecule has 0 radical (unpaired) electrons. The molecule has 6 nitrogen and oxygen atoms in total. The summed E-state index contributed by atoms with van der Waals surface area (Å²) in [5.74, 6) is -1.72. The molecule has 0 aliphatic rings. The van der Waals surface area contributed by atoms with Crippen molar-refractivity contribution in [1.82, 2.24) is 10.6 Å². The Kier molecular flexibility index (Phi) is 7.95. The molecule has 0 saturated carbocycles. The van der Waals surface area contributed by atoms with Crippen molar-refractivity contribution >= 4 is 17.8 Å². The predicted molar refractivity (Wildman–Crippen MR) is 91.4 cm³/mol. The van der Waals surface area contributed by atoms with Crippen molar-refractivity contribution in [1.29, 1.82) is 0 Å². The van der Waals surface area contributed by atoms with Crippen molar-refractivity contribution in [3.8, 4) is 0 Å². The molecule has 2 amide bonds. The van der Waals surface area contributed by atoms with E-state index >= 15 is 0 Å². The van der Waals surface area contributed by atoms with Crippen LogP contribution in [0.4, 0.5) is 0 Å². The number of carbonyl (C=O) groups excluding carboxylic acids is 2. The standard InChI is InChI=1S/C18H26N2O4/c1-12(2)11-16(18(23)24)20-17(22)15(19-13(3)21)10-9-14-7-5-4-6-8-14/h4-8,12,15-16H,9-11H2,1-3H3,(H,19,21)(H,20,22)(H,23,24)/t15-,16-/m0/s1. The molecule has 1 rings (SSSR count). The lowest BCUT2D eigenvalue weighted by Gasteiger charge is -2.22. The molecule has 0 aliphatic carbocycles. The average Bonchev–Trinajstić information content (AvgIpc) is 2.50. The van der Waals surface area contributed by atoms with E-state index in [4.69, 9.17) is 0 Å². The molecule has 3 N–H and O–H groups in total. The van der Waals surface area contributed by atoms with Crippen LogP contribution in [0.1, 0.15) is 39.2 Å². The summed E-state index contributed by atoms with van der Waals surface area (Å²) in [5.41, 5.74) is 1.05. The van der Waals surface area contributed by atoms with Gasteiger partial charge >= 0.3 is 5.97 Å². The second-order valence-electron chi connectivity index (χ2n) is 6.31. The number of carbonyl (C=O) groups is 3. The van der Waals surface area contributed by atoms with Gasteiger partial charge in [-0.05, 0) is 30.7 Å². The first-order chi connectivity index (χ1) is 11.3. The number of carboxylic acid groups (broad SMARTS) is 1. The number of nitrogens with one attached hydrogen (secondary N) is 2. The third-order valence-corrected chi connectivity index (χ3v) is 3.58. The summed E-state index contributed by atoms with van der Waals surface area (Å²) in [4.78, 5) is 35.1. The summed E-state index contributed by atoms with van der Waals surface area (Å²) >= 11 is 0. The Labute approximate surface area is 142 Å².